The van der Waals surface area contributed by atoms with E-state index < -0.39 is 10.0 Å². The minimum absolute atomic E-state index is 0.0537. The molecule has 2 amide bonds. The van der Waals surface area contributed by atoms with Crippen molar-refractivity contribution in [3.05, 3.63) is 65.7 Å². The molecule has 1 saturated heterocycles. The fourth-order valence-corrected chi connectivity index (χ4v) is 3.92. The van der Waals surface area contributed by atoms with E-state index >= 15 is 0 Å². The van der Waals surface area contributed by atoms with Crippen molar-refractivity contribution in [3.63, 3.8) is 0 Å². The number of para-hydroxylation sites is 1. The fourth-order valence-electron chi connectivity index (χ4n) is 3.14. The SMILES string of the molecule is CNS(=O)(=O)Cc1ccc(CNC(=O)N2CCN(c3ccccc3)CC2)cc1. The quantitative estimate of drug-likeness (QED) is 0.772. The maximum Gasteiger partial charge on any atom is 0.317 e. The number of hydrogen-bond acceptors (Lipinski definition) is 4. The lowest BCUT2D eigenvalue weighted by molar-refractivity contribution is 0.194. The van der Waals surface area contributed by atoms with Crippen LogP contribution in [0.2, 0.25) is 0 Å². The Balaban J connectivity index is 1.46. The molecule has 2 N–H and O–H groups in total. The smallest absolute Gasteiger partial charge is 0.317 e. The van der Waals surface area contributed by atoms with Gasteiger partial charge in [0.25, 0.3) is 0 Å². The first-order chi connectivity index (χ1) is 13.5. The number of nitrogens with one attached hydrogen (secondary N) is 2. The van der Waals surface area contributed by atoms with Crippen LogP contribution in [0.4, 0.5) is 10.5 Å². The summed E-state index contributed by atoms with van der Waals surface area (Å²) >= 11 is 0. The van der Waals surface area contributed by atoms with E-state index in [0.717, 1.165) is 18.7 Å². The first-order valence-corrected chi connectivity index (χ1v) is 10.9. The molecule has 7 nitrogen and oxygen atoms in total. The van der Waals surface area contributed by atoms with Crippen LogP contribution in [0, 0.1) is 0 Å². The Labute approximate surface area is 166 Å². The number of urea groups is 1. The highest BCUT2D eigenvalue weighted by molar-refractivity contribution is 7.88. The number of benzene rings is 2. The standard InChI is InChI=1S/C20H26N4O3S/c1-21-28(26,27)16-18-9-7-17(8-10-18)15-22-20(25)24-13-11-23(12-14-24)19-5-3-2-4-6-19/h2-10,21H,11-16H2,1H3,(H,22,25). The van der Waals surface area contributed by atoms with Gasteiger partial charge in [-0.05, 0) is 30.3 Å². The average molecular weight is 403 g/mol. The second-order valence-corrected chi connectivity index (χ2v) is 8.67. The van der Waals surface area contributed by atoms with Crippen molar-refractivity contribution >= 4 is 21.7 Å². The van der Waals surface area contributed by atoms with Gasteiger partial charge in [-0.2, -0.15) is 0 Å². The van der Waals surface area contributed by atoms with Gasteiger partial charge in [0, 0.05) is 38.4 Å². The van der Waals surface area contributed by atoms with Gasteiger partial charge in [-0.15, -0.1) is 0 Å². The molecule has 0 saturated carbocycles. The number of anilines is 1. The van der Waals surface area contributed by atoms with E-state index in [1.54, 1.807) is 12.1 Å². The third kappa shape index (κ3) is 5.46. The lowest BCUT2D eigenvalue weighted by atomic mass is 10.1. The number of piperazine rings is 1. The molecular weight excluding hydrogens is 376 g/mol. The fraction of sp³-hybridized carbons (Fsp3) is 0.350. The van der Waals surface area contributed by atoms with Crippen LogP contribution in [0.25, 0.3) is 0 Å². The summed E-state index contributed by atoms with van der Waals surface area (Å²) in [4.78, 5) is 16.5. The van der Waals surface area contributed by atoms with Gasteiger partial charge in [0.1, 0.15) is 0 Å². The van der Waals surface area contributed by atoms with Crippen molar-refractivity contribution in [1.29, 1.82) is 0 Å². The van der Waals surface area contributed by atoms with Crippen molar-refractivity contribution in [2.75, 3.05) is 38.1 Å². The summed E-state index contributed by atoms with van der Waals surface area (Å²) in [6.45, 7) is 3.40. The molecule has 2 aromatic rings. The van der Waals surface area contributed by atoms with E-state index in [1.165, 1.54) is 12.7 Å². The number of nitrogens with zero attached hydrogens (tertiary/aromatic N) is 2. The Morgan fingerprint density at radius 3 is 2.14 bits per heavy atom. The number of hydrogen-bond donors (Lipinski definition) is 2. The van der Waals surface area contributed by atoms with Crippen LogP contribution in [0.1, 0.15) is 11.1 Å². The molecule has 0 unspecified atom stereocenters. The first kappa shape index (κ1) is 20.2. The molecule has 0 spiro atoms. The summed E-state index contributed by atoms with van der Waals surface area (Å²) in [5, 5.41) is 2.94. The van der Waals surface area contributed by atoms with Gasteiger partial charge in [-0.1, -0.05) is 42.5 Å². The van der Waals surface area contributed by atoms with Gasteiger partial charge < -0.3 is 15.1 Å². The van der Waals surface area contributed by atoms with E-state index in [4.69, 9.17) is 0 Å². The van der Waals surface area contributed by atoms with Gasteiger partial charge in [0.2, 0.25) is 10.0 Å². The largest absolute Gasteiger partial charge is 0.368 e. The predicted octanol–water partition coefficient (Wildman–Crippen LogP) is 1.77. The van der Waals surface area contributed by atoms with Gasteiger partial charge in [-0.25, -0.2) is 17.9 Å². The molecule has 0 aromatic heterocycles. The van der Waals surface area contributed by atoms with Crippen molar-refractivity contribution in [1.82, 2.24) is 14.9 Å². The molecular formula is C20H26N4O3S. The molecule has 3 rings (SSSR count). The lowest BCUT2D eigenvalue weighted by Gasteiger charge is -2.36. The number of carbonyl (C=O) groups excluding carboxylic acids is 1. The van der Waals surface area contributed by atoms with Crippen LogP contribution >= 0.6 is 0 Å². The van der Waals surface area contributed by atoms with Crippen LogP contribution in [-0.2, 0) is 22.3 Å². The summed E-state index contributed by atoms with van der Waals surface area (Å²) in [5.41, 5.74) is 2.83. The van der Waals surface area contributed by atoms with Crippen LogP contribution < -0.4 is 14.9 Å². The van der Waals surface area contributed by atoms with Crippen LogP contribution in [0.5, 0.6) is 0 Å². The summed E-state index contributed by atoms with van der Waals surface area (Å²) in [6.07, 6.45) is 0. The number of sulfonamides is 1. The number of carbonyl (C=O) groups is 1. The molecule has 0 bridgehead atoms. The van der Waals surface area contributed by atoms with Crippen molar-refractivity contribution < 1.29 is 13.2 Å². The van der Waals surface area contributed by atoms with Gasteiger partial charge in [0.15, 0.2) is 0 Å². The van der Waals surface area contributed by atoms with E-state index in [2.05, 4.69) is 27.1 Å². The summed E-state index contributed by atoms with van der Waals surface area (Å²) in [7, 11) is -1.88. The van der Waals surface area contributed by atoms with E-state index in [0.29, 0.717) is 25.2 Å². The molecule has 1 aliphatic rings. The van der Waals surface area contributed by atoms with Gasteiger partial charge in [-0.3, -0.25) is 0 Å². The van der Waals surface area contributed by atoms with Crippen molar-refractivity contribution in [3.8, 4) is 0 Å². The molecule has 1 heterocycles. The Kier molecular flexibility index (Phi) is 6.53. The summed E-state index contributed by atoms with van der Waals surface area (Å²) in [6, 6.07) is 17.4. The molecule has 0 atom stereocenters. The molecule has 2 aromatic carbocycles. The third-order valence-corrected chi connectivity index (χ3v) is 6.16. The van der Waals surface area contributed by atoms with Crippen molar-refractivity contribution in [2.24, 2.45) is 0 Å². The number of rotatable bonds is 6. The van der Waals surface area contributed by atoms with E-state index in [-0.39, 0.29) is 11.8 Å². The molecule has 0 aliphatic carbocycles. The van der Waals surface area contributed by atoms with Crippen LogP contribution in [0.15, 0.2) is 54.6 Å². The Morgan fingerprint density at radius 1 is 0.929 bits per heavy atom. The van der Waals surface area contributed by atoms with E-state index in [9.17, 15) is 13.2 Å². The van der Waals surface area contributed by atoms with E-state index in [1.807, 2.05) is 35.2 Å². The molecule has 8 heteroatoms. The molecule has 150 valence electrons. The second-order valence-electron chi connectivity index (χ2n) is 6.75. The monoisotopic (exact) mass is 402 g/mol. The topological polar surface area (TPSA) is 81.8 Å². The first-order valence-electron chi connectivity index (χ1n) is 9.29. The zero-order valence-electron chi connectivity index (χ0n) is 16.0. The summed E-state index contributed by atoms with van der Waals surface area (Å²) < 4.78 is 25.5. The maximum atomic E-state index is 12.4. The highest BCUT2D eigenvalue weighted by Gasteiger charge is 2.20. The molecule has 28 heavy (non-hydrogen) atoms. The minimum atomic E-state index is -3.28. The Hall–Kier alpha value is -2.58. The molecule has 1 fully saturated rings. The Bertz CT molecular complexity index is 877. The highest BCUT2D eigenvalue weighted by Crippen LogP contribution is 2.15. The Morgan fingerprint density at radius 2 is 1.54 bits per heavy atom. The average Bonchev–Trinajstić information content (AvgIpc) is 2.73. The molecule has 0 radical (unpaired) electrons. The maximum absolute atomic E-state index is 12.4. The van der Waals surface area contributed by atoms with Gasteiger partial charge in [0.05, 0.1) is 5.75 Å². The van der Waals surface area contributed by atoms with Crippen molar-refractivity contribution in [2.45, 2.75) is 12.3 Å². The number of amides is 2. The predicted molar refractivity (Wildman–Crippen MR) is 111 cm³/mol. The minimum Gasteiger partial charge on any atom is -0.368 e. The second kappa shape index (κ2) is 9.07. The van der Waals surface area contributed by atoms with Crippen LogP contribution in [-0.4, -0.2) is 52.6 Å². The zero-order valence-corrected chi connectivity index (χ0v) is 16.8. The molecule has 1 aliphatic heterocycles. The lowest BCUT2D eigenvalue weighted by Crippen LogP contribution is -2.51. The zero-order chi connectivity index (χ0) is 20.0. The third-order valence-electron chi connectivity index (χ3n) is 4.82. The normalized spacial score (nSPS) is 14.8. The van der Waals surface area contributed by atoms with Crippen LogP contribution in [0.3, 0.4) is 0 Å². The summed E-state index contributed by atoms with van der Waals surface area (Å²) in [5.74, 6) is -0.0537. The van der Waals surface area contributed by atoms with Gasteiger partial charge >= 0.3 is 6.03 Å². The highest BCUT2D eigenvalue weighted by atomic mass is 32.2.